The Hall–Kier alpha value is -0.710. The van der Waals surface area contributed by atoms with Crippen molar-refractivity contribution in [1.82, 2.24) is 4.90 Å². The molecule has 0 amide bonds. The predicted octanol–water partition coefficient (Wildman–Crippen LogP) is 1.96. The summed E-state index contributed by atoms with van der Waals surface area (Å²) in [4.78, 5) is 19.8. The number of likely N-dealkylation sites (N-methyl/N-ethyl adjacent to an activating group) is 1. The van der Waals surface area contributed by atoms with E-state index in [1.54, 1.807) is 0 Å². The molecule has 1 rings (SSSR count). The maximum absolute atomic E-state index is 11.0. The van der Waals surface area contributed by atoms with Crippen molar-refractivity contribution in [2.24, 2.45) is 0 Å². The summed E-state index contributed by atoms with van der Waals surface area (Å²) in [6.45, 7) is 2.45. The van der Waals surface area contributed by atoms with Crippen LogP contribution < -0.4 is 0 Å². The molecule has 1 aromatic rings. The van der Waals surface area contributed by atoms with E-state index < -0.39 is 13.9 Å². The van der Waals surface area contributed by atoms with Gasteiger partial charge in [0.2, 0.25) is 0 Å². The van der Waals surface area contributed by atoms with Crippen molar-refractivity contribution in [1.29, 1.82) is 0 Å². The molecule has 5 nitrogen and oxygen atoms in total. The van der Waals surface area contributed by atoms with Crippen LogP contribution in [0.25, 0.3) is 0 Å². The highest BCUT2D eigenvalue weighted by Crippen LogP contribution is 2.42. The average Bonchev–Trinajstić information content (AvgIpc) is 2.26. The lowest BCUT2D eigenvalue weighted by atomic mass is 10.0. The number of nitrogens with zero attached hydrogens (tertiary/aromatic N) is 1. The van der Waals surface area contributed by atoms with E-state index in [1.165, 1.54) is 0 Å². The maximum atomic E-state index is 11.0. The normalized spacial score (nSPS) is 13.9. The van der Waals surface area contributed by atoms with Gasteiger partial charge in [0.1, 0.15) is 6.10 Å². The van der Waals surface area contributed by atoms with E-state index in [1.807, 2.05) is 50.2 Å². The number of phosphoric acid groups is 1. The molecule has 1 aromatic carbocycles. The molecule has 2 N–H and O–H groups in total. The first-order valence-corrected chi connectivity index (χ1v) is 7.32. The molecule has 0 aliphatic carbocycles. The highest BCUT2D eigenvalue weighted by molar-refractivity contribution is 7.46. The number of benzene rings is 1. The first-order valence-electron chi connectivity index (χ1n) is 5.79. The quantitative estimate of drug-likeness (QED) is 0.775. The van der Waals surface area contributed by atoms with E-state index in [9.17, 15) is 4.57 Å². The van der Waals surface area contributed by atoms with Crippen molar-refractivity contribution in [3.8, 4) is 0 Å². The molecule has 0 aromatic heterocycles. The molecule has 0 bridgehead atoms. The molecule has 0 aliphatic rings. The Bertz CT molecular complexity index is 430. The van der Waals surface area contributed by atoms with Gasteiger partial charge >= 0.3 is 7.82 Å². The van der Waals surface area contributed by atoms with Crippen molar-refractivity contribution < 1.29 is 18.9 Å². The second-order valence-corrected chi connectivity index (χ2v) is 5.64. The van der Waals surface area contributed by atoms with Crippen LogP contribution >= 0.6 is 7.82 Å². The van der Waals surface area contributed by atoms with Gasteiger partial charge in [-0.1, -0.05) is 31.2 Å². The summed E-state index contributed by atoms with van der Waals surface area (Å²) in [6, 6.07) is 7.60. The highest BCUT2D eigenvalue weighted by Gasteiger charge is 2.24. The third-order valence-electron chi connectivity index (χ3n) is 2.53. The summed E-state index contributed by atoms with van der Waals surface area (Å²) in [5, 5.41) is 0. The second-order valence-electron chi connectivity index (χ2n) is 4.45. The summed E-state index contributed by atoms with van der Waals surface area (Å²) in [5.41, 5.74) is 1.90. The zero-order valence-corrected chi connectivity index (χ0v) is 11.8. The van der Waals surface area contributed by atoms with Crippen molar-refractivity contribution in [3.05, 3.63) is 35.4 Å². The van der Waals surface area contributed by atoms with Crippen molar-refractivity contribution in [2.75, 3.05) is 20.6 Å². The zero-order chi connectivity index (χ0) is 13.8. The molecular weight excluding hydrogens is 253 g/mol. The molecule has 0 saturated heterocycles. The molecule has 0 spiro atoms. The summed E-state index contributed by atoms with van der Waals surface area (Å²) >= 11 is 0. The fraction of sp³-hybridized carbons (Fsp3) is 0.500. The summed E-state index contributed by atoms with van der Waals surface area (Å²) in [5.74, 6) is 0. The molecule has 0 heterocycles. The smallest absolute Gasteiger partial charge is 0.306 e. The fourth-order valence-corrected chi connectivity index (χ4v) is 2.23. The van der Waals surface area contributed by atoms with Gasteiger partial charge in [-0.05, 0) is 31.6 Å². The fourth-order valence-electron chi connectivity index (χ4n) is 1.71. The Morgan fingerprint density at radius 1 is 1.39 bits per heavy atom. The van der Waals surface area contributed by atoms with E-state index >= 15 is 0 Å². The Morgan fingerprint density at radius 2 is 2.06 bits per heavy atom. The third-order valence-corrected chi connectivity index (χ3v) is 3.06. The molecule has 1 atom stereocenters. The van der Waals surface area contributed by atoms with E-state index in [-0.39, 0.29) is 0 Å². The lowest BCUT2D eigenvalue weighted by Gasteiger charge is -2.22. The SMILES string of the molecule is CCc1cccc(C(CN(C)C)OP(=O)(O)O)c1. The topological polar surface area (TPSA) is 70.0 Å². The molecule has 0 fully saturated rings. The third kappa shape index (κ3) is 5.29. The summed E-state index contributed by atoms with van der Waals surface area (Å²) in [6.07, 6.45) is 0.241. The number of phosphoric ester groups is 1. The standard InChI is InChI=1S/C12H20NO4P/c1-4-10-6-5-7-11(8-10)12(9-13(2)3)17-18(14,15)16/h5-8,12H,4,9H2,1-3H3,(H2,14,15,16). The highest BCUT2D eigenvalue weighted by atomic mass is 31.2. The minimum atomic E-state index is -4.49. The van der Waals surface area contributed by atoms with Gasteiger partial charge in [0, 0.05) is 6.54 Å². The molecular formula is C12H20NO4P. The van der Waals surface area contributed by atoms with Crippen LogP contribution in [-0.2, 0) is 15.5 Å². The van der Waals surface area contributed by atoms with Gasteiger partial charge in [-0.2, -0.15) is 0 Å². The number of hydrogen-bond donors (Lipinski definition) is 2. The summed E-state index contributed by atoms with van der Waals surface area (Å²) < 4.78 is 15.9. The number of aryl methyl sites for hydroxylation is 1. The number of hydrogen-bond acceptors (Lipinski definition) is 3. The van der Waals surface area contributed by atoms with Crippen LogP contribution in [0.5, 0.6) is 0 Å². The monoisotopic (exact) mass is 273 g/mol. The van der Waals surface area contributed by atoms with Crippen LogP contribution in [0.3, 0.4) is 0 Å². The Labute approximate surface area is 108 Å². The molecule has 0 radical (unpaired) electrons. The second kappa shape index (κ2) is 6.45. The van der Waals surface area contributed by atoms with Gasteiger partial charge in [-0.3, -0.25) is 4.52 Å². The van der Waals surface area contributed by atoms with Crippen molar-refractivity contribution in [3.63, 3.8) is 0 Å². The lowest BCUT2D eigenvalue weighted by molar-refractivity contribution is 0.110. The molecule has 18 heavy (non-hydrogen) atoms. The number of rotatable bonds is 6. The molecule has 6 heteroatoms. The van der Waals surface area contributed by atoms with E-state index in [2.05, 4.69) is 0 Å². The predicted molar refractivity (Wildman–Crippen MR) is 70.2 cm³/mol. The maximum Gasteiger partial charge on any atom is 0.470 e. The van der Waals surface area contributed by atoms with Gasteiger partial charge in [-0.25, -0.2) is 4.57 Å². The van der Waals surface area contributed by atoms with Crippen LogP contribution in [0.15, 0.2) is 24.3 Å². The lowest BCUT2D eigenvalue weighted by Crippen LogP contribution is -2.21. The van der Waals surface area contributed by atoms with E-state index in [0.29, 0.717) is 6.54 Å². The Kier molecular flexibility index (Phi) is 5.50. The molecule has 0 aliphatic heterocycles. The van der Waals surface area contributed by atoms with Gasteiger partial charge in [-0.15, -0.1) is 0 Å². The molecule has 102 valence electrons. The van der Waals surface area contributed by atoms with Gasteiger partial charge in [0.05, 0.1) is 0 Å². The Morgan fingerprint density at radius 3 is 2.56 bits per heavy atom. The van der Waals surface area contributed by atoms with Crippen LogP contribution in [0.4, 0.5) is 0 Å². The minimum absolute atomic E-state index is 0.415. The molecule has 0 saturated carbocycles. The first kappa shape index (κ1) is 15.3. The van der Waals surface area contributed by atoms with Crippen molar-refractivity contribution >= 4 is 7.82 Å². The van der Waals surface area contributed by atoms with E-state index in [4.69, 9.17) is 14.3 Å². The van der Waals surface area contributed by atoms with Gasteiger partial charge < -0.3 is 14.7 Å². The van der Waals surface area contributed by atoms with Gasteiger partial charge in [0.15, 0.2) is 0 Å². The van der Waals surface area contributed by atoms with Crippen LogP contribution in [0.2, 0.25) is 0 Å². The summed E-state index contributed by atoms with van der Waals surface area (Å²) in [7, 11) is -0.828. The largest absolute Gasteiger partial charge is 0.470 e. The van der Waals surface area contributed by atoms with Crippen LogP contribution in [0, 0.1) is 0 Å². The van der Waals surface area contributed by atoms with Crippen LogP contribution in [-0.4, -0.2) is 35.3 Å². The van der Waals surface area contributed by atoms with E-state index in [0.717, 1.165) is 17.5 Å². The van der Waals surface area contributed by atoms with Crippen LogP contribution in [0.1, 0.15) is 24.2 Å². The first-order chi connectivity index (χ1) is 8.31. The molecule has 1 unspecified atom stereocenters. The average molecular weight is 273 g/mol. The Balaban J connectivity index is 2.97. The van der Waals surface area contributed by atoms with Gasteiger partial charge in [0.25, 0.3) is 0 Å². The zero-order valence-electron chi connectivity index (χ0n) is 10.9. The minimum Gasteiger partial charge on any atom is -0.306 e. The van der Waals surface area contributed by atoms with Crippen molar-refractivity contribution in [2.45, 2.75) is 19.4 Å².